The van der Waals surface area contributed by atoms with Crippen LogP contribution < -0.4 is 15.8 Å². The molecule has 0 saturated heterocycles. The van der Waals surface area contributed by atoms with E-state index in [0.29, 0.717) is 6.42 Å². The molecular weight excluding hydrogens is 321 g/mol. The second-order valence-corrected chi connectivity index (χ2v) is 6.75. The first-order chi connectivity index (χ1) is 9.63. The average molecular weight is 338 g/mol. The molecule has 1 aromatic carbocycles. The maximum Gasteiger partial charge on any atom is 0.243 e. The van der Waals surface area contributed by atoms with Gasteiger partial charge in [0.2, 0.25) is 15.9 Å². The first-order valence-electron chi connectivity index (χ1n) is 6.15. The van der Waals surface area contributed by atoms with Crippen LogP contribution in [0.5, 0.6) is 0 Å². The van der Waals surface area contributed by atoms with Gasteiger partial charge in [0.25, 0.3) is 0 Å². The molecule has 9 heteroatoms. The van der Waals surface area contributed by atoms with Gasteiger partial charge in [-0.15, -0.1) is 0 Å². The van der Waals surface area contributed by atoms with Crippen LogP contribution in [-0.2, 0) is 14.8 Å². The van der Waals surface area contributed by atoms with Gasteiger partial charge in [0.1, 0.15) is 10.7 Å². The maximum absolute atomic E-state index is 13.9. The van der Waals surface area contributed by atoms with Crippen molar-refractivity contribution in [3.63, 3.8) is 0 Å². The van der Waals surface area contributed by atoms with Crippen molar-refractivity contribution in [1.29, 1.82) is 0 Å². The van der Waals surface area contributed by atoms with Crippen molar-refractivity contribution in [1.82, 2.24) is 4.72 Å². The molecule has 1 atom stereocenters. The summed E-state index contributed by atoms with van der Waals surface area (Å²) in [6.45, 7) is 3.05. The maximum atomic E-state index is 13.9. The summed E-state index contributed by atoms with van der Waals surface area (Å²) in [5, 5.41) is 2.24. The number of benzene rings is 1. The van der Waals surface area contributed by atoms with E-state index in [1.807, 2.05) is 0 Å². The minimum absolute atomic E-state index is 0.0104. The molecule has 1 amide bonds. The number of carbonyl (C=O) groups is 1. The molecule has 1 unspecified atom stereocenters. The summed E-state index contributed by atoms with van der Waals surface area (Å²) in [5.74, 6) is -1.45. The molecule has 0 radical (unpaired) electrons. The summed E-state index contributed by atoms with van der Waals surface area (Å²) in [6.07, 6.45) is 0.415. The lowest BCUT2D eigenvalue weighted by atomic mass is 10.3. The zero-order valence-corrected chi connectivity index (χ0v) is 13.2. The second-order valence-electron chi connectivity index (χ2n) is 4.61. The SMILES string of the molecule is CC(=O)Nc1cc(F)c(S(=O)(=O)NCCC(C)N)cc1Cl. The van der Waals surface area contributed by atoms with Crippen LogP contribution >= 0.6 is 11.6 Å². The Morgan fingerprint density at radius 3 is 2.62 bits per heavy atom. The smallest absolute Gasteiger partial charge is 0.243 e. The molecular formula is C12H17ClFN3O3S. The number of rotatable bonds is 6. The molecule has 1 rings (SSSR count). The number of nitrogens with one attached hydrogen (secondary N) is 2. The van der Waals surface area contributed by atoms with Crippen LogP contribution in [0, 0.1) is 5.82 Å². The Bertz CT molecular complexity index is 635. The van der Waals surface area contributed by atoms with E-state index in [-0.39, 0.29) is 23.3 Å². The Balaban J connectivity index is 3.02. The molecule has 0 aromatic heterocycles. The monoisotopic (exact) mass is 337 g/mol. The zero-order chi connectivity index (χ0) is 16.2. The van der Waals surface area contributed by atoms with Crippen molar-refractivity contribution in [2.45, 2.75) is 31.2 Å². The third kappa shape index (κ3) is 5.24. The third-order valence-electron chi connectivity index (χ3n) is 2.51. The van der Waals surface area contributed by atoms with Crippen LogP contribution in [0.1, 0.15) is 20.3 Å². The fourth-order valence-electron chi connectivity index (χ4n) is 1.52. The number of amides is 1. The Kier molecular flexibility index (Phi) is 6.09. The lowest BCUT2D eigenvalue weighted by molar-refractivity contribution is -0.114. The standard InChI is InChI=1S/C12H17ClFN3O3S/c1-7(15)3-4-16-21(19,20)12-5-9(13)11(6-10(12)14)17-8(2)18/h5-7,16H,3-4,15H2,1-2H3,(H,17,18). The van der Waals surface area contributed by atoms with Crippen LogP contribution in [0.4, 0.5) is 10.1 Å². The van der Waals surface area contributed by atoms with E-state index in [9.17, 15) is 17.6 Å². The predicted molar refractivity (Wildman–Crippen MR) is 79.2 cm³/mol. The summed E-state index contributed by atoms with van der Waals surface area (Å²) < 4.78 is 40.1. The van der Waals surface area contributed by atoms with Crippen molar-refractivity contribution < 1.29 is 17.6 Å². The molecule has 0 aliphatic heterocycles. The van der Waals surface area contributed by atoms with E-state index in [1.165, 1.54) is 6.92 Å². The normalized spacial score (nSPS) is 13.0. The van der Waals surface area contributed by atoms with E-state index >= 15 is 0 Å². The van der Waals surface area contributed by atoms with E-state index in [1.54, 1.807) is 6.92 Å². The van der Waals surface area contributed by atoms with Gasteiger partial charge in [-0.05, 0) is 19.4 Å². The van der Waals surface area contributed by atoms with Gasteiger partial charge in [0, 0.05) is 25.6 Å². The minimum atomic E-state index is -4.03. The number of anilines is 1. The number of hydrogen-bond acceptors (Lipinski definition) is 4. The molecule has 118 valence electrons. The highest BCUT2D eigenvalue weighted by Crippen LogP contribution is 2.28. The number of hydrogen-bond donors (Lipinski definition) is 3. The summed E-state index contributed by atoms with van der Waals surface area (Å²) in [4.78, 5) is 10.4. The van der Waals surface area contributed by atoms with E-state index in [0.717, 1.165) is 12.1 Å². The zero-order valence-electron chi connectivity index (χ0n) is 11.6. The Labute approximate surface area is 127 Å². The molecule has 0 heterocycles. The largest absolute Gasteiger partial charge is 0.328 e. The van der Waals surface area contributed by atoms with Crippen LogP contribution in [-0.4, -0.2) is 26.9 Å². The number of carbonyl (C=O) groups excluding carboxylic acids is 1. The number of sulfonamides is 1. The number of nitrogens with two attached hydrogens (primary N) is 1. The Hall–Kier alpha value is -1.22. The molecule has 0 bridgehead atoms. The van der Waals surface area contributed by atoms with Gasteiger partial charge >= 0.3 is 0 Å². The van der Waals surface area contributed by atoms with E-state index in [4.69, 9.17) is 17.3 Å². The minimum Gasteiger partial charge on any atom is -0.328 e. The second kappa shape index (κ2) is 7.17. The first kappa shape index (κ1) is 17.8. The highest BCUT2D eigenvalue weighted by Gasteiger charge is 2.21. The van der Waals surface area contributed by atoms with E-state index < -0.39 is 26.6 Å². The van der Waals surface area contributed by atoms with E-state index in [2.05, 4.69) is 10.0 Å². The molecule has 0 saturated carbocycles. The first-order valence-corrected chi connectivity index (χ1v) is 8.01. The molecule has 0 spiro atoms. The van der Waals surface area contributed by atoms with Crippen molar-refractivity contribution in [3.8, 4) is 0 Å². The lowest BCUT2D eigenvalue weighted by Crippen LogP contribution is -2.29. The van der Waals surface area contributed by atoms with Crippen LogP contribution in [0.25, 0.3) is 0 Å². The fourth-order valence-corrected chi connectivity index (χ4v) is 2.93. The summed E-state index contributed by atoms with van der Waals surface area (Å²) in [5.41, 5.74) is 5.52. The lowest BCUT2D eigenvalue weighted by Gasteiger charge is -2.11. The van der Waals surface area contributed by atoms with Gasteiger partial charge in [0.15, 0.2) is 0 Å². The molecule has 0 aliphatic carbocycles. The highest BCUT2D eigenvalue weighted by atomic mass is 35.5. The highest BCUT2D eigenvalue weighted by molar-refractivity contribution is 7.89. The van der Waals surface area contributed by atoms with Gasteiger partial charge in [-0.2, -0.15) is 0 Å². The Morgan fingerprint density at radius 1 is 1.48 bits per heavy atom. The molecule has 21 heavy (non-hydrogen) atoms. The van der Waals surface area contributed by atoms with Crippen molar-refractivity contribution in [2.24, 2.45) is 5.73 Å². The van der Waals surface area contributed by atoms with Crippen LogP contribution in [0.2, 0.25) is 5.02 Å². The van der Waals surface area contributed by atoms with Crippen LogP contribution in [0.15, 0.2) is 17.0 Å². The van der Waals surface area contributed by atoms with Crippen LogP contribution in [0.3, 0.4) is 0 Å². The molecule has 0 aliphatic rings. The molecule has 0 fully saturated rings. The fraction of sp³-hybridized carbons (Fsp3) is 0.417. The molecule has 1 aromatic rings. The van der Waals surface area contributed by atoms with Gasteiger partial charge in [-0.25, -0.2) is 17.5 Å². The quantitative estimate of drug-likeness (QED) is 0.731. The van der Waals surface area contributed by atoms with Gasteiger partial charge < -0.3 is 11.1 Å². The summed E-state index contributed by atoms with van der Waals surface area (Å²) in [6, 6.07) is 1.64. The van der Waals surface area contributed by atoms with Gasteiger partial charge in [0.05, 0.1) is 10.7 Å². The van der Waals surface area contributed by atoms with Crippen molar-refractivity contribution in [2.75, 3.05) is 11.9 Å². The Morgan fingerprint density at radius 2 is 2.10 bits per heavy atom. The topological polar surface area (TPSA) is 101 Å². The predicted octanol–water partition coefficient (Wildman–Crippen LogP) is 1.45. The summed E-state index contributed by atoms with van der Waals surface area (Å²) >= 11 is 5.84. The summed E-state index contributed by atoms with van der Waals surface area (Å²) in [7, 11) is -4.03. The van der Waals surface area contributed by atoms with Gasteiger partial charge in [-0.3, -0.25) is 4.79 Å². The molecule has 4 N–H and O–H groups in total. The third-order valence-corrected chi connectivity index (χ3v) is 4.30. The van der Waals surface area contributed by atoms with Crippen molar-refractivity contribution in [3.05, 3.63) is 23.0 Å². The van der Waals surface area contributed by atoms with Gasteiger partial charge in [-0.1, -0.05) is 11.6 Å². The number of halogens is 2. The molecule has 6 nitrogen and oxygen atoms in total. The average Bonchev–Trinajstić information content (AvgIpc) is 2.31. The van der Waals surface area contributed by atoms with Crippen molar-refractivity contribution >= 4 is 33.2 Å².